The molecule has 0 radical (unpaired) electrons. The van der Waals surface area contributed by atoms with E-state index in [1.165, 1.54) is 5.56 Å². The van der Waals surface area contributed by atoms with Gasteiger partial charge in [-0.3, -0.25) is 0 Å². The molecule has 0 atom stereocenters. The van der Waals surface area contributed by atoms with Crippen molar-refractivity contribution in [2.75, 3.05) is 0 Å². The first kappa shape index (κ1) is 14.7. The summed E-state index contributed by atoms with van der Waals surface area (Å²) in [6, 6.07) is 10.0. The van der Waals surface area contributed by atoms with Crippen molar-refractivity contribution in [3.05, 3.63) is 42.5 Å². The van der Waals surface area contributed by atoms with E-state index in [9.17, 15) is 0 Å². The first-order valence-electron chi connectivity index (χ1n) is 2.61. The Morgan fingerprint density at radius 3 is 1.90 bits per heavy atom. The Hall–Kier alpha value is 2.23. The van der Waals surface area contributed by atoms with Crippen LogP contribution in [-0.4, -0.2) is 0 Å². The third-order valence-electron chi connectivity index (χ3n) is 1.04. The minimum Gasteiger partial charge on any atom is -1.00 e. The Balaban J connectivity index is -0.0000000800. The van der Waals surface area contributed by atoms with Gasteiger partial charge in [0.25, 0.3) is 0 Å². The topological polar surface area (TPSA) is 0 Å². The van der Waals surface area contributed by atoms with E-state index in [2.05, 4.69) is 6.58 Å². The third kappa shape index (κ3) is 5.83. The van der Waals surface area contributed by atoms with Gasteiger partial charge in [-0.2, -0.15) is 0 Å². The standard InChI is InChI=1S/C8H8.2K.2H/c1-2-8-6-4-3-5-7-8;;;;/h2-7H,1H2;;;;/q;2*+1;2*-1. The molecule has 0 saturated carbocycles. The summed E-state index contributed by atoms with van der Waals surface area (Å²) < 4.78 is 0. The van der Waals surface area contributed by atoms with Crippen molar-refractivity contribution in [1.82, 2.24) is 0 Å². The molecule has 10 heavy (non-hydrogen) atoms. The van der Waals surface area contributed by atoms with Crippen molar-refractivity contribution >= 4 is 6.08 Å². The molecule has 0 heterocycles. The summed E-state index contributed by atoms with van der Waals surface area (Å²) in [4.78, 5) is 0. The van der Waals surface area contributed by atoms with Crippen LogP contribution in [0.1, 0.15) is 8.42 Å². The van der Waals surface area contributed by atoms with Crippen molar-refractivity contribution < 1.29 is 106 Å². The molecular weight excluding hydrogens is 174 g/mol. The Bertz CT molecular complexity index is 178. The molecular formula is C8H10K2. The van der Waals surface area contributed by atoms with Gasteiger partial charge in [0.15, 0.2) is 0 Å². The van der Waals surface area contributed by atoms with Gasteiger partial charge in [-0.1, -0.05) is 43.0 Å². The fraction of sp³-hybridized carbons (Fsp3) is 0. The second-order valence-electron chi connectivity index (χ2n) is 1.61. The predicted molar refractivity (Wildman–Crippen MR) is 38.8 cm³/mol. The van der Waals surface area contributed by atoms with Crippen molar-refractivity contribution in [1.29, 1.82) is 0 Å². The molecule has 0 nitrogen and oxygen atoms in total. The van der Waals surface area contributed by atoms with Crippen LogP contribution in [0.4, 0.5) is 0 Å². The summed E-state index contributed by atoms with van der Waals surface area (Å²) in [7, 11) is 0. The van der Waals surface area contributed by atoms with Crippen LogP contribution in [0, 0.1) is 0 Å². The molecule has 1 aromatic rings. The molecule has 1 aromatic carbocycles. The second-order valence-corrected chi connectivity index (χ2v) is 1.61. The number of hydrogen-bond acceptors (Lipinski definition) is 0. The maximum atomic E-state index is 3.63. The van der Waals surface area contributed by atoms with E-state index in [4.69, 9.17) is 0 Å². The molecule has 0 N–H and O–H groups in total. The normalized spacial score (nSPS) is 6.80. The first-order chi connectivity index (χ1) is 3.93. The van der Waals surface area contributed by atoms with E-state index < -0.39 is 0 Å². The summed E-state index contributed by atoms with van der Waals surface area (Å²) in [6.45, 7) is 3.63. The van der Waals surface area contributed by atoms with E-state index in [0.29, 0.717) is 0 Å². The Morgan fingerprint density at radius 1 is 1.10 bits per heavy atom. The monoisotopic (exact) mass is 184 g/mol. The molecule has 0 aromatic heterocycles. The van der Waals surface area contributed by atoms with Crippen LogP contribution in [-0.2, 0) is 0 Å². The average molecular weight is 184 g/mol. The van der Waals surface area contributed by atoms with Crippen LogP contribution < -0.4 is 103 Å². The Labute approximate surface area is 150 Å². The van der Waals surface area contributed by atoms with Gasteiger partial charge in [-0.25, -0.2) is 0 Å². The smallest absolute Gasteiger partial charge is 1.00 e. The van der Waals surface area contributed by atoms with E-state index >= 15 is 0 Å². The zero-order valence-electron chi connectivity index (χ0n) is 8.67. The predicted octanol–water partition coefficient (Wildman–Crippen LogP) is -3.44. The van der Waals surface area contributed by atoms with Gasteiger partial charge in [0, 0.05) is 0 Å². The van der Waals surface area contributed by atoms with Gasteiger partial charge in [0.05, 0.1) is 0 Å². The van der Waals surface area contributed by atoms with Crippen molar-refractivity contribution in [3.63, 3.8) is 0 Å². The summed E-state index contributed by atoms with van der Waals surface area (Å²) in [5, 5.41) is 0. The first-order valence-corrected chi connectivity index (χ1v) is 2.61. The summed E-state index contributed by atoms with van der Waals surface area (Å²) >= 11 is 0. The van der Waals surface area contributed by atoms with Crippen LogP contribution in [0.5, 0.6) is 0 Å². The molecule has 0 fully saturated rings. The minimum absolute atomic E-state index is 0. The number of benzene rings is 1. The van der Waals surface area contributed by atoms with Crippen LogP contribution >= 0.6 is 0 Å². The van der Waals surface area contributed by atoms with Gasteiger partial charge in [-0.15, -0.1) is 0 Å². The Kier molecular flexibility index (Phi) is 13.7. The molecule has 0 saturated heterocycles. The molecule has 0 spiro atoms. The maximum absolute atomic E-state index is 3.63. The SMILES string of the molecule is C=Cc1ccccc1.[H-].[H-].[K+].[K+]. The summed E-state index contributed by atoms with van der Waals surface area (Å²) in [6.07, 6.45) is 1.83. The van der Waals surface area contributed by atoms with Crippen LogP contribution in [0.3, 0.4) is 0 Å². The molecule has 0 bridgehead atoms. The van der Waals surface area contributed by atoms with Crippen molar-refractivity contribution in [3.8, 4) is 0 Å². The Morgan fingerprint density at radius 2 is 1.60 bits per heavy atom. The van der Waals surface area contributed by atoms with Gasteiger partial charge in [0.2, 0.25) is 0 Å². The molecule has 1 rings (SSSR count). The molecule has 0 aliphatic rings. The molecule has 2 heteroatoms. The minimum atomic E-state index is 0. The fourth-order valence-corrected chi connectivity index (χ4v) is 0.589. The quantitative estimate of drug-likeness (QED) is 0.399. The van der Waals surface area contributed by atoms with Crippen LogP contribution in [0.25, 0.3) is 6.08 Å². The van der Waals surface area contributed by atoms with Gasteiger partial charge in [0.1, 0.15) is 0 Å². The van der Waals surface area contributed by atoms with E-state index in [-0.39, 0.29) is 106 Å². The zero-order chi connectivity index (χ0) is 5.82. The summed E-state index contributed by atoms with van der Waals surface area (Å²) in [5.74, 6) is 0. The number of rotatable bonds is 1. The summed E-state index contributed by atoms with van der Waals surface area (Å²) in [5.41, 5.74) is 1.17. The van der Waals surface area contributed by atoms with Gasteiger partial charge >= 0.3 is 103 Å². The fourth-order valence-electron chi connectivity index (χ4n) is 0.589. The average Bonchev–Trinajstić information content (AvgIpc) is 1.90. The van der Waals surface area contributed by atoms with E-state index in [1.54, 1.807) is 0 Å². The van der Waals surface area contributed by atoms with Crippen molar-refractivity contribution in [2.45, 2.75) is 0 Å². The molecule has 0 aliphatic heterocycles. The molecule has 0 amide bonds. The van der Waals surface area contributed by atoms with E-state index in [0.717, 1.165) is 0 Å². The van der Waals surface area contributed by atoms with Crippen LogP contribution in [0.2, 0.25) is 0 Å². The number of hydrogen-bond donors (Lipinski definition) is 0. The molecule has 44 valence electrons. The van der Waals surface area contributed by atoms with E-state index in [1.807, 2.05) is 36.4 Å². The van der Waals surface area contributed by atoms with Crippen molar-refractivity contribution in [2.24, 2.45) is 0 Å². The molecule has 0 unspecified atom stereocenters. The molecule has 0 aliphatic carbocycles. The third-order valence-corrected chi connectivity index (χ3v) is 1.04. The maximum Gasteiger partial charge on any atom is 1.00 e. The van der Waals surface area contributed by atoms with Crippen LogP contribution in [0.15, 0.2) is 36.9 Å². The van der Waals surface area contributed by atoms with Gasteiger partial charge in [-0.05, 0) is 5.56 Å². The zero-order valence-corrected chi connectivity index (χ0v) is 12.9. The largest absolute Gasteiger partial charge is 1.00 e. The van der Waals surface area contributed by atoms with Gasteiger partial charge < -0.3 is 2.85 Å². The second kappa shape index (κ2) is 9.32.